The van der Waals surface area contributed by atoms with Gasteiger partial charge in [0.1, 0.15) is 0 Å². The maximum atomic E-state index is 12.7. The zero-order valence-electron chi connectivity index (χ0n) is 11.8. The van der Waals surface area contributed by atoms with Gasteiger partial charge in [-0.15, -0.1) is 12.4 Å². The van der Waals surface area contributed by atoms with Crippen LogP contribution in [-0.2, 0) is 10.0 Å². The number of fused-ring (bicyclic) bond motifs is 2. The number of rotatable bonds is 3. The van der Waals surface area contributed by atoms with Gasteiger partial charge >= 0.3 is 0 Å². The Morgan fingerprint density at radius 2 is 1.86 bits per heavy atom. The third kappa shape index (κ3) is 3.24. The SMILES string of the molecule is Cl.O=[N+]([O-])c1cccc(S(=O)(=O)N2CC3CCCC(C2)N3)c1. The summed E-state index contributed by atoms with van der Waals surface area (Å²) in [6.45, 7) is 0.864. The molecule has 0 aliphatic carbocycles. The fraction of sp³-hybridized carbons (Fsp3) is 0.538. The number of non-ortho nitro benzene ring substituents is 1. The smallest absolute Gasteiger partial charge is 0.270 e. The maximum Gasteiger partial charge on any atom is 0.270 e. The van der Waals surface area contributed by atoms with Crippen molar-refractivity contribution >= 4 is 28.1 Å². The normalized spacial score (nSPS) is 25.3. The Balaban J connectivity index is 0.00000176. The van der Waals surface area contributed by atoms with E-state index in [0.717, 1.165) is 25.3 Å². The van der Waals surface area contributed by atoms with E-state index in [1.807, 2.05) is 0 Å². The van der Waals surface area contributed by atoms with Crippen molar-refractivity contribution < 1.29 is 13.3 Å². The van der Waals surface area contributed by atoms with Crippen molar-refractivity contribution in [3.8, 4) is 0 Å². The first-order valence-corrected chi connectivity index (χ1v) is 8.41. The average Bonchev–Trinajstić information content (AvgIpc) is 2.47. The van der Waals surface area contributed by atoms with Crippen LogP contribution in [0.3, 0.4) is 0 Å². The van der Waals surface area contributed by atoms with Crippen molar-refractivity contribution in [3.63, 3.8) is 0 Å². The molecule has 2 bridgehead atoms. The predicted octanol–water partition coefficient (Wildman–Crippen LogP) is 1.53. The van der Waals surface area contributed by atoms with Crippen LogP contribution < -0.4 is 5.32 Å². The molecule has 122 valence electrons. The number of nitro benzene ring substituents is 1. The van der Waals surface area contributed by atoms with E-state index < -0.39 is 14.9 Å². The molecule has 2 atom stereocenters. The fourth-order valence-electron chi connectivity index (χ4n) is 3.07. The van der Waals surface area contributed by atoms with Crippen LogP contribution in [0.5, 0.6) is 0 Å². The largest absolute Gasteiger partial charge is 0.309 e. The third-order valence-electron chi connectivity index (χ3n) is 4.09. The number of nitro groups is 1. The van der Waals surface area contributed by atoms with E-state index in [4.69, 9.17) is 0 Å². The van der Waals surface area contributed by atoms with Crippen molar-refractivity contribution in [2.24, 2.45) is 0 Å². The Kier molecular flexibility index (Phi) is 5.06. The summed E-state index contributed by atoms with van der Waals surface area (Å²) >= 11 is 0. The highest BCUT2D eigenvalue weighted by Gasteiger charge is 2.36. The third-order valence-corrected chi connectivity index (χ3v) is 5.92. The van der Waals surface area contributed by atoms with Gasteiger partial charge in [0.05, 0.1) is 9.82 Å². The number of sulfonamides is 1. The van der Waals surface area contributed by atoms with Gasteiger partial charge in [-0.05, 0) is 18.9 Å². The summed E-state index contributed by atoms with van der Waals surface area (Å²) in [5, 5.41) is 14.2. The van der Waals surface area contributed by atoms with Crippen LogP contribution in [0.1, 0.15) is 19.3 Å². The van der Waals surface area contributed by atoms with E-state index in [0.29, 0.717) is 13.1 Å². The number of halogens is 1. The molecule has 0 spiro atoms. The quantitative estimate of drug-likeness (QED) is 0.661. The van der Waals surface area contributed by atoms with Gasteiger partial charge in [-0.1, -0.05) is 12.5 Å². The van der Waals surface area contributed by atoms with Gasteiger partial charge in [-0.2, -0.15) is 4.31 Å². The molecule has 1 aromatic rings. The van der Waals surface area contributed by atoms with Gasteiger partial charge in [0.15, 0.2) is 0 Å². The summed E-state index contributed by atoms with van der Waals surface area (Å²) in [6.07, 6.45) is 3.06. The molecule has 22 heavy (non-hydrogen) atoms. The molecule has 0 radical (unpaired) electrons. The van der Waals surface area contributed by atoms with Crippen molar-refractivity contribution in [2.45, 2.75) is 36.2 Å². The van der Waals surface area contributed by atoms with Crippen LogP contribution in [0.15, 0.2) is 29.2 Å². The number of piperidine rings is 1. The number of nitrogens with zero attached hydrogens (tertiary/aromatic N) is 2. The molecule has 9 heteroatoms. The Morgan fingerprint density at radius 1 is 1.23 bits per heavy atom. The van der Waals surface area contributed by atoms with E-state index >= 15 is 0 Å². The molecular weight excluding hydrogens is 330 g/mol. The van der Waals surface area contributed by atoms with Crippen molar-refractivity contribution in [3.05, 3.63) is 34.4 Å². The molecule has 2 heterocycles. The lowest BCUT2D eigenvalue weighted by molar-refractivity contribution is -0.385. The number of nitrogens with one attached hydrogen (secondary N) is 1. The number of hydrogen-bond acceptors (Lipinski definition) is 5. The van der Waals surface area contributed by atoms with Crippen molar-refractivity contribution in [1.29, 1.82) is 0 Å². The first kappa shape index (κ1) is 17.1. The van der Waals surface area contributed by atoms with Crippen molar-refractivity contribution in [1.82, 2.24) is 9.62 Å². The highest BCUT2D eigenvalue weighted by atomic mass is 35.5. The highest BCUT2D eigenvalue weighted by molar-refractivity contribution is 7.89. The molecule has 2 fully saturated rings. The molecule has 2 aliphatic heterocycles. The Hall–Kier alpha value is -1.22. The molecule has 2 saturated heterocycles. The minimum Gasteiger partial charge on any atom is -0.309 e. The van der Waals surface area contributed by atoms with Crippen LogP contribution in [0.2, 0.25) is 0 Å². The average molecular weight is 348 g/mol. The second-order valence-corrected chi connectivity index (χ2v) is 7.51. The molecule has 3 rings (SSSR count). The van der Waals surface area contributed by atoms with Gasteiger partial charge in [-0.3, -0.25) is 10.1 Å². The van der Waals surface area contributed by atoms with E-state index in [2.05, 4.69) is 5.32 Å². The number of hydrogen-bond donors (Lipinski definition) is 1. The minimum absolute atomic E-state index is 0. The van der Waals surface area contributed by atoms with Crippen LogP contribution in [0.25, 0.3) is 0 Å². The van der Waals surface area contributed by atoms with E-state index in [1.54, 1.807) is 0 Å². The first-order valence-electron chi connectivity index (χ1n) is 6.97. The van der Waals surface area contributed by atoms with Gasteiger partial charge in [0, 0.05) is 37.3 Å². The monoisotopic (exact) mass is 347 g/mol. The van der Waals surface area contributed by atoms with Crippen LogP contribution in [0, 0.1) is 10.1 Å². The first-order chi connectivity index (χ1) is 9.96. The molecule has 0 saturated carbocycles. The van der Waals surface area contributed by atoms with Crippen LogP contribution in [-0.4, -0.2) is 42.8 Å². The second-order valence-electron chi connectivity index (χ2n) is 5.57. The van der Waals surface area contributed by atoms with E-state index in [-0.39, 0.29) is 35.1 Å². The van der Waals surface area contributed by atoms with Crippen LogP contribution in [0.4, 0.5) is 5.69 Å². The molecule has 2 unspecified atom stereocenters. The zero-order valence-corrected chi connectivity index (χ0v) is 13.5. The Labute approximate surface area is 135 Å². The summed E-state index contributed by atoms with van der Waals surface area (Å²) in [5.74, 6) is 0. The maximum absolute atomic E-state index is 12.7. The Bertz CT molecular complexity index is 655. The molecule has 0 aromatic heterocycles. The molecule has 1 aromatic carbocycles. The van der Waals surface area contributed by atoms with Gasteiger partial charge in [0.2, 0.25) is 10.0 Å². The summed E-state index contributed by atoms with van der Waals surface area (Å²) in [5.41, 5.74) is -0.202. The summed E-state index contributed by atoms with van der Waals surface area (Å²) in [6, 6.07) is 5.63. The van der Waals surface area contributed by atoms with Crippen LogP contribution >= 0.6 is 12.4 Å². The number of benzene rings is 1. The van der Waals surface area contributed by atoms with Gasteiger partial charge < -0.3 is 5.32 Å². The molecule has 7 nitrogen and oxygen atoms in total. The summed E-state index contributed by atoms with van der Waals surface area (Å²) < 4.78 is 26.8. The lowest BCUT2D eigenvalue weighted by atomic mass is 9.96. The standard InChI is InChI=1S/C13H17N3O4S.ClH/c17-16(18)12-5-2-6-13(7-12)21(19,20)15-8-10-3-1-4-11(9-15)14-10;/h2,5-7,10-11,14H,1,3-4,8-9H2;1H. The minimum atomic E-state index is -3.67. The van der Waals surface area contributed by atoms with E-state index in [1.165, 1.54) is 22.5 Å². The fourth-order valence-corrected chi connectivity index (χ4v) is 4.64. The number of piperazine rings is 1. The topological polar surface area (TPSA) is 92.5 Å². The lowest BCUT2D eigenvalue weighted by Gasteiger charge is -2.41. The predicted molar refractivity (Wildman–Crippen MR) is 83.7 cm³/mol. The molecular formula is C13H18ClN3O4S. The van der Waals surface area contributed by atoms with Gasteiger partial charge in [-0.25, -0.2) is 8.42 Å². The zero-order chi connectivity index (χ0) is 15.0. The Morgan fingerprint density at radius 3 is 2.45 bits per heavy atom. The van der Waals surface area contributed by atoms with E-state index in [9.17, 15) is 18.5 Å². The lowest BCUT2D eigenvalue weighted by Crippen LogP contribution is -2.59. The highest BCUT2D eigenvalue weighted by Crippen LogP contribution is 2.26. The second kappa shape index (κ2) is 6.49. The van der Waals surface area contributed by atoms with Gasteiger partial charge in [0.25, 0.3) is 5.69 Å². The van der Waals surface area contributed by atoms with Crippen molar-refractivity contribution in [2.75, 3.05) is 13.1 Å². The molecule has 1 N–H and O–H groups in total. The summed E-state index contributed by atoms with van der Waals surface area (Å²) in [7, 11) is -3.67. The summed E-state index contributed by atoms with van der Waals surface area (Å²) in [4.78, 5) is 10.2. The molecule has 0 amide bonds. The molecule has 2 aliphatic rings.